The molecule has 17 heavy (non-hydrogen) atoms. The number of carbonyl (C=O) groups is 1. The van der Waals surface area contributed by atoms with Crippen LogP contribution >= 0.6 is 0 Å². The number of hydrogen-bond donors (Lipinski definition) is 2. The number of carboxylic acid groups (broad SMARTS) is 1. The average Bonchev–Trinajstić information content (AvgIpc) is 2.35. The lowest BCUT2D eigenvalue weighted by Crippen LogP contribution is -2.55. The molecule has 98 valence electrons. The molecule has 1 aliphatic carbocycles. The van der Waals surface area contributed by atoms with Gasteiger partial charge in [0.15, 0.2) is 0 Å². The first-order valence-electron chi connectivity index (χ1n) is 6.83. The molecular weight excluding hydrogens is 218 g/mol. The van der Waals surface area contributed by atoms with Gasteiger partial charge in [0, 0.05) is 19.2 Å². The number of likely N-dealkylation sites (tertiary alicyclic amines) is 1. The highest BCUT2D eigenvalue weighted by molar-refractivity contribution is 5.73. The highest BCUT2D eigenvalue weighted by atomic mass is 16.4. The third-order valence-corrected chi connectivity index (χ3v) is 4.37. The topological polar surface area (TPSA) is 60.8 Å². The fraction of sp³-hybridized carbons (Fsp3) is 0.923. The van der Waals surface area contributed by atoms with Crippen molar-refractivity contribution in [3.8, 4) is 0 Å². The molecule has 1 heterocycles. The zero-order valence-corrected chi connectivity index (χ0v) is 10.3. The van der Waals surface area contributed by atoms with E-state index in [2.05, 4.69) is 4.90 Å². The Morgan fingerprint density at radius 1 is 1.18 bits per heavy atom. The van der Waals surface area contributed by atoms with E-state index in [1.807, 2.05) is 0 Å². The van der Waals surface area contributed by atoms with Crippen molar-refractivity contribution in [2.45, 2.75) is 57.0 Å². The van der Waals surface area contributed by atoms with E-state index in [4.69, 9.17) is 5.11 Å². The molecule has 0 aromatic rings. The fourth-order valence-electron chi connectivity index (χ4n) is 3.57. The molecule has 2 rings (SSSR count). The zero-order chi connectivity index (χ0) is 12.3. The summed E-state index contributed by atoms with van der Waals surface area (Å²) in [6, 6.07) is 0.131. The lowest BCUT2D eigenvalue weighted by Gasteiger charge is -2.47. The first kappa shape index (κ1) is 12.8. The molecule has 0 aromatic heterocycles. The average molecular weight is 241 g/mol. The summed E-state index contributed by atoms with van der Waals surface area (Å²) < 4.78 is 0. The van der Waals surface area contributed by atoms with Crippen molar-refractivity contribution in [2.75, 3.05) is 13.2 Å². The van der Waals surface area contributed by atoms with Crippen LogP contribution in [0.25, 0.3) is 0 Å². The van der Waals surface area contributed by atoms with Crippen molar-refractivity contribution in [3.63, 3.8) is 0 Å². The Morgan fingerprint density at radius 3 is 2.65 bits per heavy atom. The number of nitrogens with zero attached hydrogens (tertiary/aromatic N) is 1. The van der Waals surface area contributed by atoms with Crippen molar-refractivity contribution in [3.05, 3.63) is 0 Å². The molecule has 0 bridgehead atoms. The summed E-state index contributed by atoms with van der Waals surface area (Å²) in [7, 11) is 0. The summed E-state index contributed by atoms with van der Waals surface area (Å²) in [6.45, 7) is 0.884. The molecule has 4 nitrogen and oxygen atoms in total. The van der Waals surface area contributed by atoms with E-state index in [0.29, 0.717) is 18.4 Å². The van der Waals surface area contributed by atoms with Crippen LogP contribution in [0.5, 0.6) is 0 Å². The maximum Gasteiger partial charge on any atom is 0.320 e. The molecule has 2 N–H and O–H groups in total. The van der Waals surface area contributed by atoms with Crippen LogP contribution in [0.1, 0.15) is 44.9 Å². The highest BCUT2D eigenvalue weighted by Gasteiger charge is 2.40. The van der Waals surface area contributed by atoms with Gasteiger partial charge in [0.1, 0.15) is 6.04 Å². The molecule has 1 aliphatic heterocycles. The van der Waals surface area contributed by atoms with Crippen molar-refractivity contribution < 1.29 is 15.0 Å². The Kier molecular flexibility index (Phi) is 4.40. The maximum atomic E-state index is 11.3. The van der Waals surface area contributed by atoms with Crippen LogP contribution in [0.2, 0.25) is 0 Å². The standard InChI is InChI=1S/C13H23NO3/c15-9-3-8-14-11-5-2-1-4-10(11)6-7-12(14)13(16)17/h10-12,15H,1-9H2,(H,16,17). The molecule has 1 saturated carbocycles. The smallest absolute Gasteiger partial charge is 0.320 e. The SMILES string of the molecule is O=C(O)C1CCC2CCCCC2N1CCCO. The Hall–Kier alpha value is -0.610. The van der Waals surface area contributed by atoms with E-state index >= 15 is 0 Å². The van der Waals surface area contributed by atoms with Gasteiger partial charge in [0.05, 0.1) is 0 Å². The van der Waals surface area contributed by atoms with E-state index in [1.165, 1.54) is 19.3 Å². The minimum Gasteiger partial charge on any atom is -0.480 e. The number of hydrogen-bond acceptors (Lipinski definition) is 3. The number of rotatable bonds is 4. The van der Waals surface area contributed by atoms with Gasteiger partial charge in [0.25, 0.3) is 0 Å². The van der Waals surface area contributed by atoms with Gasteiger partial charge in [-0.1, -0.05) is 12.8 Å². The molecule has 3 atom stereocenters. The molecule has 3 unspecified atom stereocenters. The molecule has 2 fully saturated rings. The second kappa shape index (κ2) is 5.83. The van der Waals surface area contributed by atoms with Crippen LogP contribution in [-0.4, -0.2) is 46.3 Å². The quantitative estimate of drug-likeness (QED) is 0.782. The normalized spacial score (nSPS) is 34.3. The summed E-state index contributed by atoms with van der Waals surface area (Å²) in [5.41, 5.74) is 0. The van der Waals surface area contributed by atoms with Crippen LogP contribution in [0, 0.1) is 5.92 Å². The number of aliphatic hydroxyl groups excluding tert-OH is 1. The fourth-order valence-corrected chi connectivity index (χ4v) is 3.57. The van der Waals surface area contributed by atoms with Crippen LogP contribution in [0.3, 0.4) is 0 Å². The van der Waals surface area contributed by atoms with Crippen molar-refractivity contribution in [1.82, 2.24) is 4.90 Å². The van der Waals surface area contributed by atoms with Crippen LogP contribution < -0.4 is 0 Å². The third-order valence-electron chi connectivity index (χ3n) is 4.37. The summed E-state index contributed by atoms with van der Waals surface area (Å²) >= 11 is 0. The second-order valence-corrected chi connectivity index (χ2v) is 5.36. The summed E-state index contributed by atoms with van der Waals surface area (Å²) in [4.78, 5) is 13.5. The molecular formula is C13H23NO3. The first-order valence-corrected chi connectivity index (χ1v) is 6.83. The van der Waals surface area contributed by atoms with Gasteiger partial charge < -0.3 is 10.2 Å². The summed E-state index contributed by atoms with van der Waals surface area (Å²) in [6.07, 6.45) is 7.45. The molecule has 0 amide bonds. The number of piperidine rings is 1. The first-order chi connectivity index (χ1) is 8.24. The van der Waals surface area contributed by atoms with E-state index in [-0.39, 0.29) is 12.6 Å². The van der Waals surface area contributed by atoms with Crippen molar-refractivity contribution >= 4 is 5.97 Å². The van der Waals surface area contributed by atoms with Gasteiger partial charge in [-0.15, -0.1) is 0 Å². The van der Waals surface area contributed by atoms with Gasteiger partial charge in [-0.25, -0.2) is 0 Å². The molecule has 0 aromatic carbocycles. The number of aliphatic hydroxyl groups is 1. The third kappa shape index (κ3) is 2.80. The molecule has 0 spiro atoms. The van der Waals surface area contributed by atoms with E-state index < -0.39 is 5.97 Å². The lowest BCUT2D eigenvalue weighted by atomic mass is 9.76. The molecule has 1 saturated heterocycles. The largest absolute Gasteiger partial charge is 0.480 e. The number of fused-ring (bicyclic) bond motifs is 1. The van der Waals surface area contributed by atoms with Crippen molar-refractivity contribution in [1.29, 1.82) is 0 Å². The monoisotopic (exact) mass is 241 g/mol. The van der Waals surface area contributed by atoms with Gasteiger partial charge in [-0.2, -0.15) is 0 Å². The van der Waals surface area contributed by atoms with Gasteiger partial charge in [-0.3, -0.25) is 9.69 Å². The number of carboxylic acids is 1. The van der Waals surface area contributed by atoms with E-state index in [1.54, 1.807) is 0 Å². The predicted octanol–water partition coefficient (Wildman–Crippen LogP) is 1.48. The predicted molar refractivity (Wildman–Crippen MR) is 64.8 cm³/mol. The van der Waals surface area contributed by atoms with Crippen LogP contribution in [-0.2, 0) is 4.79 Å². The molecule has 2 aliphatic rings. The van der Waals surface area contributed by atoms with Gasteiger partial charge in [0.2, 0.25) is 0 Å². The summed E-state index contributed by atoms with van der Waals surface area (Å²) in [5.74, 6) is 0.00464. The Morgan fingerprint density at radius 2 is 1.94 bits per heavy atom. The minimum atomic E-state index is -0.688. The van der Waals surface area contributed by atoms with E-state index in [9.17, 15) is 9.90 Å². The van der Waals surface area contributed by atoms with Crippen molar-refractivity contribution in [2.24, 2.45) is 5.92 Å². The maximum absolute atomic E-state index is 11.3. The van der Waals surface area contributed by atoms with Gasteiger partial charge in [-0.05, 0) is 38.0 Å². The highest BCUT2D eigenvalue weighted by Crippen LogP contribution is 2.37. The Labute approximate surface area is 103 Å². The lowest BCUT2D eigenvalue weighted by molar-refractivity contribution is -0.148. The molecule has 0 radical (unpaired) electrons. The van der Waals surface area contributed by atoms with Crippen LogP contribution in [0.15, 0.2) is 0 Å². The van der Waals surface area contributed by atoms with E-state index in [0.717, 1.165) is 25.8 Å². The van der Waals surface area contributed by atoms with Gasteiger partial charge >= 0.3 is 5.97 Å². The Balaban J connectivity index is 2.07. The number of aliphatic carboxylic acids is 1. The van der Waals surface area contributed by atoms with Crippen LogP contribution in [0.4, 0.5) is 0 Å². The Bertz CT molecular complexity index is 269. The second-order valence-electron chi connectivity index (χ2n) is 5.36. The molecule has 4 heteroatoms. The summed E-state index contributed by atoms with van der Waals surface area (Å²) in [5, 5.41) is 18.2. The minimum absolute atomic E-state index is 0.153. The zero-order valence-electron chi connectivity index (χ0n) is 10.3.